The molecule has 0 saturated carbocycles. The van der Waals surface area contributed by atoms with Gasteiger partial charge in [-0.1, -0.05) is 6.07 Å². The molecule has 1 aromatic carbocycles. The molecule has 0 saturated heterocycles. The van der Waals surface area contributed by atoms with E-state index in [-0.39, 0.29) is 23.3 Å². The van der Waals surface area contributed by atoms with Crippen molar-refractivity contribution in [2.45, 2.75) is 26.0 Å². The van der Waals surface area contributed by atoms with Crippen molar-refractivity contribution < 1.29 is 18.3 Å². The SMILES string of the molecule is CC(N)CCNC(=O)c1cccc(OC(F)F)c1. The zero-order valence-electron chi connectivity index (χ0n) is 10.0. The van der Waals surface area contributed by atoms with Crippen LogP contribution in [0.1, 0.15) is 23.7 Å². The lowest BCUT2D eigenvalue weighted by Crippen LogP contribution is -2.28. The van der Waals surface area contributed by atoms with Crippen LogP contribution in [0.4, 0.5) is 8.78 Å². The van der Waals surface area contributed by atoms with Gasteiger partial charge in [-0.15, -0.1) is 0 Å². The predicted octanol–water partition coefficient (Wildman–Crippen LogP) is 1.76. The Kier molecular flexibility index (Phi) is 5.51. The van der Waals surface area contributed by atoms with Crippen LogP contribution >= 0.6 is 0 Å². The number of benzene rings is 1. The molecule has 1 amide bonds. The summed E-state index contributed by atoms with van der Waals surface area (Å²) < 4.78 is 28.2. The third kappa shape index (κ3) is 5.09. The molecule has 0 spiro atoms. The molecule has 1 aromatic rings. The number of ether oxygens (including phenoxy) is 1. The van der Waals surface area contributed by atoms with E-state index in [1.54, 1.807) is 0 Å². The Morgan fingerprint density at radius 2 is 2.22 bits per heavy atom. The Labute approximate surface area is 104 Å². The van der Waals surface area contributed by atoms with Crippen molar-refractivity contribution in [3.8, 4) is 5.75 Å². The fourth-order valence-corrected chi connectivity index (χ4v) is 1.33. The Morgan fingerprint density at radius 3 is 2.83 bits per heavy atom. The summed E-state index contributed by atoms with van der Waals surface area (Å²) in [6.07, 6.45) is 0.652. The summed E-state index contributed by atoms with van der Waals surface area (Å²) in [5, 5.41) is 2.65. The average molecular weight is 258 g/mol. The number of nitrogens with one attached hydrogen (secondary N) is 1. The largest absolute Gasteiger partial charge is 0.435 e. The molecule has 6 heteroatoms. The Balaban J connectivity index is 2.57. The Morgan fingerprint density at radius 1 is 1.50 bits per heavy atom. The maximum absolute atomic E-state index is 12.0. The maximum Gasteiger partial charge on any atom is 0.387 e. The van der Waals surface area contributed by atoms with Crippen LogP contribution in [-0.2, 0) is 0 Å². The highest BCUT2D eigenvalue weighted by atomic mass is 19.3. The molecule has 1 rings (SSSR count). The van der Waals surface area contributed by atoms with Crippen molar-refractivity contribution in [2.24, 2.45) is 5.73 Å². The first-order chi connectivity index (χ1) is 8.49. The fourth-order valence-electron chi connectivity index (χ4n) is 1.33. The minimum absolute atomic E-state index is 0.00111. The number of hydrogen-bond acceptors (Lipinski definition) is 3. The molecular formula is C12H16F2N2O2. The van der Waals surface area contributed by atoms with Gasteiger partial charge in [0.2, 0.25) is 0 Å². The van der Waals surface area contributed by atoms with Crippen LogP contribution in [0, 0.1) is 0 Å². The topological polar surface area (TPSA) is 64.3 Å². The lowest BCUT2D eigenvalue weighted by atomic mass is 10.2. The van der Waals surface area contributed by atoms with E-state index in [2.05, 4.69) is 10.1 Å². The minimum atomic E-state index is -2.90. The van der Waals surface area contributed by atoms with Crippen molar-refractivity contribution in [3.05, 3.63) is 29.8 Å². The minimum Gasteiger partial charge on any atom is -0.435 e. The van der Waals surface area contributed by atoms with E-state index in [0.29, 0.717) is 13.0 Å². The molecule has 0 aliphatic rings. The number of carbonyl (C=O) groups is 1. The molecule has 0 radical (unpaired) electrons. The molecule has 0 aliphatic carbocycles. The summed E-state index contributed by atoms with van der Waals surface area (Å²) in [5.74, 6) is -0.375. The van der Waals surface area contributed by atoms with E-state index in [0.717, 1.165) is 0 Å². The number of rotatable bonds is 6. The third-order valence-electron chi connectivity index (χ3n) is 2.21. The fraction of sp³-hybridized carbons (Fsp3) is 0.417. The zero-order chi connectivity index (χ0) is 13.5. The number of halogens is 2. The number of carbonyl (C=O) groups excluding carboxylic acids is 1. The summed E-state index contributed by atoms with van der Waals surface area (Å²) in [6, 6.07) is 5.65. The van der Waals surface area contributed by atoms with Crippen LogP contribution in [0.25, 0.3) is 0 Å². The van der Waals surface area contributed by atoms with Gasteiger partial charge in [-0.3, -0.25) is 4.79 Å². The van der Waals surface area contributed by atoms with E-state index in [1.807, 2.05) is 6.92 Å². The monoisotopic (exact) mass is 258 g/mol. The molecule has 4 nitrogen and oxygen atoms in total. The number of hydrogen-bond donors (Lipinski definition) is 2. The van der Waals surface area contributed by atoms with Crippen molar-refractivity contribution in [3.63, 3.8) is 0 Å². The molecular weight excluding hydrogens is 242 g/mol. The second-order valence-electron chi connectivity index (χ2n) is 3.93. The van der Waals surface area contributed by atoms with Gasteiger partial charge in [0.1, 0.15) is 5.75 Å². The molecule has 0 bridgehead atoms. The first kappa shape index (κ1) is 14.4. The quantitative estimate of drug-likeness (QED) is 0.817. The molecule has 100 valence electrons. The van der Waals surface area contributed by atoms with Gasteiger partial charge in [0.05, 0.1) is 0 Å². The van der Waals surface area contributed by atoms with Crippen LogP contribution < -0.4 is 15.8 Å². The van der Waals surface area contributed by atoms with Gasteiger partial charge in [-0.05, 0) is 31.5 Å². The molecule has 0 aliphatic heterocycles. The van der Waals surface area contributed by atoms with E-state index in [4.69, 9.17) is 5.73 Å². The summed E-state index contributed by atoms with van der Waals surface area (Å²) in [5.41, 5.74) is 5.82. The summed E-state index contributed by atoms with van der Waals surface area (Å²) in [6.45, 7) is -0.624. The first-order valence-electron chi connectivity index (χ1n) is 5.57. The third-order valence-corrected chi connectivity index (χ3v) is 2.21. The van der Waals surface area contributed by atoms with Gasteiger partial charge in [0, 0.05) is 18.2 Å². The Hall–Kier alpha value is -1.69. The molecule has 3 N–H and O–H groups in total. The highest BCUT2D eigenvalue weighted by Crippen LogP contribution is 2.15. The highest BCUT2D eigenvalue weighted by Gasteiger charge is 2.09. The second-order valence-corrected chi connectivity index (χ2v) is 3.93. The van der Waals surface area contributed by atoms with Crippen LogP contribution in [0.2, 0.25) is 0 Å². The van der Waals surface area contributed by atoms with Crippen molar-refractivity contribution in [1.29, 1.82) is 0 Å². The lowest BCUT2D eigenvalue weighted by molar-refractivity contribution is -0.0498. The van der Waals surface area contributed by atoms with Crippen molar-refractivity contribution in [1.82, 2.24) is 5.32 Å². The van der Waals surface area contributed by atoms with Crippen LogP contribution in [-0.4, -0.2) is 25.1 Å². The standard InChI is InChI=1S/C12H16F2N2O2/c1-8(15)5-6-16-11(17)9-3-2-4-10(7-9)18-12(13)14/h2-4,7-8,12H,5-6,15H2,1H3,(H,16,17). The molecule has 1 atom stereocenters. The molecule has 0 fully saturated rings. The summed E-state index contributed by atoms with van der Waals surface area (Å²) in [4.78, 5) is 11.7. The van der Waals surface area contributed by atoms with Crippen LogP contribution in [0.15, 0.2) is 24.3 Å². The maximum atomic E-state index is 12.0. The average Bonchev–Trinajstić information content (AvgIpc) is 2.27. The molecule has 1 unspecified atom stereocenters. The highest BCUT2D eigenvalue weighted by molar-refractivity contribution is 5.94. The zero-order valence-corrected chi connectivity index (χ0v) is 10.0. The second kappa shape index (κ2) is 6.90. The number of amides is 1. The predicted molar refractivity (Wildman–Crippen MR) is 63.7 cm³/mol. The van der Waals surface area contributed by atoms with Gasteiger partial charge >= 0.3 is 6.61 Å². The van der Waals surface area contributed by atoms with Gasteiger partial charge in [0.15, 0.2) is 0 Å². The van der Waals surface area contributed by atoms with E-state index in [1.165, 1.54) is 24.3 Å². The van der Waals surface area contributed by atoms with Crippen LogP contribution in [0.3, 0.4) is 0 Å². The lowest BCUT2D eigenvalue weighted by Gasteiger charge is -2.09. The molecule has 0 aromatic heterocycles. The Bertz CT molecular complexity index is 397. The molecule has 18 heavy (non-hydrogen) atoms. The normalized spacial score (nSPS) is 12.3. The van der Waals surface area contributed by atoms with Gasteiger partial charge < -0.3 is 15.8 Å². The first-order valence-corrected chi connectivity index (χ1v) is 5.57. The van der Waals surface area contributed by atoms with Crippen LogP contribution in [0.5, 0.6) is 5.75 Å². The van der Waals surface area contributed by atoms with E-state index >= 15 is 0 Å². The van der Waals surface area contributed by atoms with Crippen molar-refractivity contribution in [2.75, 3.05) is 6.54 Å². The van der Waals surface area contributed by atoms with Gasteiger partial charge in [-0.25, -0.2) is 0 Å². The summed E-state index contributed by atoms with van der Waals surface area (Å²) in [7, 11) is 0. The number of nitrogens with two attached hydrogens (primary N) is 1. The summed E-state index contributed by atoms with van der Waals surface area (Å²) >= 11 is 0. The number of alkyl halides is 2. The van der Waals surface area contributed by atoms with E-state index in [9.17, 15) is 13.6 Å². The van der Waals surface area contributed by atoms with Gasteiger partial charge in [0.25, 0.3) is 5.91 Å². The smallest absolute Gasteiger partial charge is 0.387 e. The van der Waals surface area contributed by atoms with Crippen molar-refractivity contribution >= 4 is 5.91 Å². The van der Waals surface area contributed by atoms with E-state index < -0.39 is 6.61 Å². The van der Waals surface area contributed by atoms with Gasteiger partial charge in [-0.2, -0.15) is 8.78 Å². The molecule has 0 heterocycles.